The highest BCUT2D eigenvalue weighted by molar-refractivity contribution is 6.23. The van der Waals surface area contributed by atoms with Gasteiger partial charge in [-0.25, -0.2) is 0 Å². The number of hydrogen-bond acceptors (Lipinski definition) is 5. The van der Waals surface area contributed by atoms with Crippen LogP contribution in [-0.2, 0) is 17.8 Å². The number of epoxide rings is 1. The first-order chi connectivity index (χ1) is 12.7. The summed E-state index contributed by atoms with van der Waals surface area (Å²) in [6, 6.07) is 0. The van der Waals surface area contributed by atoms with Gasteiger partial charge in [-0.15, -0.1) is 11.6 Å². The van der Waals surface area contributed by atoms with Crippen molar-refractivity contribution in [2.24, 2.45) is 11.3 Å². The van der Waals surface area contributed by atoms with Gasteiger partial charge in [0.15, 0.2) is 0 Å². The summed E-state index contributed by atoms with van der Waals surface area (Å²) in [5.74, 6) is 0.651. The fourth-order valence-corrected chi connectivity index (χ4v) is 6.69. The number of fused-ring (bicyclic) bond motifs is 4. The van der Waals surface area contributed by atoms with Crippen LogP contribution in [0.25, 0.3) is 0 Å². The Hall–Kier alpha value is -0.850. The van der Waals surface area contributed by atoms with Gasteiger partial charge in [0.05, 0.1) is 17.7 Å². The first-order valence-corrected chi connectivity index (χ1v) is 10.3. The standard InChI is InChI=1S/C21H27ClO5/c1-10(2)20(25)16(22)7-15-19(3)5-4-11-12(9-26-14(11)8-23)13(19)6-17-21(15,27-17)18(20)24/h7,9-10,13,16-18,23-25H,4-6,8H2,1-3H3/t13-,16+,17-,18+,19-,20-,21?/m0/s1. The van der Waals surface area contributed by atoms with Gasteiger partial charge >= 0.3 is 0 Å². The SMILES string of the molecule is CC(C)[C@]1(O)[C@H](Cl)C=C2C3(O[C@H]3C[C@H]3c4coc(CO)c4CC[C@]23C)[C@@H]1O. The Morgan fingerprint density at radius 1 is 1.37 bits per heavy atom. The Kier molecular flexibility index (Phi) is 3.63. The molecule has 0 radical (unpaired) electrons. The van der Waals surface area contributed by atoms with Crippen molar-refractivity contribution in [1.29, 1.82) is 0 Å². The highest BCUT2D eigenvalue weighted by atomic mass is 35.5. The fraction of sp³-hybridized carbons (Fsp3) is 0.714. The zero-order valence-corrected chi connectivity index (χ0v) is 16.7. The number of aliphatic hydroxyl groups is 3. The number of halogens is 1. The molecule has 1 aliphatic heterocycles. The minimum absolute atomic E-state index is 0.0881. The van der Waals surface area contributed by atoms with Crippen LogP contribution in [0.3, 0.4) is 0 Å². The zero-order valence-electron chi connectivity index (χ0n) is 15.9. The van der Waals surface area contributed by atoms with E-state index >= 15 is 0 Å². The van der Waals surface area contributed by atoms with Crippen molar-refractivity contribution in [3.8, 4) is 0 Å². The lowest BCUT2D eigenvalue weighted by atomic mass is 9.50. The lowest BCUT2D eigenvalue weighted by Crippen LogP contribution is -2.65. The van der Waals surface area contributed by atoms with Crippen LogP contribution in [0.2, 0.25) is 0 Å². The summed E-state index contributed by atoms with van der Waals surface area (Å²) < 4.78 is 11.8. The van der Waals surface area contributed by atoms with Crippen molar-refractivity contribution in [3.05, 3.63) is 34.8 Å². The van der Waals surface area contributed by atoms with Crippen LogP contribution in [0.4, 0.5) is 0 Å². The molecule has 1 aromatic rings. The Bertz CT molecular complexity index is 831. The minimum atomic E-state index is -1.41. The van der Waals surface area contributed by atoms with E-state index in [1.54, 1.807) is 6.26 Å². The van der Waals surface area contributed by atoms with Gasteiger partial charge < -0.3 is 24.5 Å². The molecule has 0 amide bonds. The van der Waals surface area contributed by atoms with Crippen LogP contribution in [0.1, 0.15) is 56.4 Å². The maximum atomic E-state index is 11.3. The van der Waals surface area contributed by atoms with E-state index in [9.17, 15) is 15.3 Å². The summed E-state index contributed by atoms with van der Waals surface area (Å²) in [4.78, 5) is 0. The monoisotopic (exact) mass is 394 g/mol. The first-order valence-electron chi connectivity index (χ1n) is 9.86. The molecule has 5 rings (SSSR count). The molecule has 0 bridgehead atoms. The molecule has 1 aromatic heterocycles. The van der Waals surface area contributed by atoms with E-state index < -0.39 is 22.7 Å². The van der Waals surface area contributed by atoms with Crippen LogP contribution in [-0.4, -0.2) is 44.1 Å². The minimum Gasteiger partial charge on any atom is -0.466 e. The molecule has 1 saturated heterocycles. The fourth-order valence-electron chi connectivity index (χ4n) is 6.20. The second-order valence-electron chi connectivity index (χ2n) is 9.28. The van der Waals surface area contributed by atoms with E-state index in [1.165, 1.54) is 0 Å². The maximum Gasteiger partial charge on any atom is 0.145 e. The van der Waals surface area contributed by atoms with Crippen molar-refractivity contribution in [3.63, 3.8) is 0 Å². The number of aliphatic hydroxyl groups excluding tert-OH is 2. The van der Waals surface area contributed by atoms with Gasteiger partial charge in [-0.05, 0) is 53.2 Å². The van der Waals surface area contributed by atoms with Crippen molar-refractivity contribution >= 4 is 11.6 Å². The average molecular weight is 395 g/mol. The molecule has 7 atom stereocenters. The van der Waals surface area contributed by atoms with Gasteiger partial charge in [0.25, 0.3) is 0 Å². The number of furan rings is 1. The number of hydrogen-bond donors (Lipinski definition) is 3. The van der Waals surface area contributed by atoms with Crippen LogP contribution < -0.4 is 0 Å². The lowest BCUT2D eigenvalue weighted by molar-refractivity contribution is -0.134. The molecule has 27 heavy (non-hydrogen) atoms. The molecule has 5 nitrogen and oxygen atoms in total. The molecule has 1 spiro atoms. The molecule has 4 aliphatic rings. The van der Waals surface area contributed by atoms with Gasteiger partial charge in [-0.1, -0.05) is 26.8 Å². The van der Waals surface area contributed by atoms with E-state index in [2.05, 4.69) is 6.92 Å². The van der Waals surface area contributed by atoms with Crippen LogP contribution in [0.5, 0.6) is 0 Å². The van der Waals surface area contributed by atoms with E-state index in [0.29, 0.717) is 5.76 Å². The summed E-state index contributed by atoms with van der Waals surface area (Å²) in [6.45, 7) is 5.89. The summed E-state index contributed by atoms with van der Waals surface area (Å²) in [5, 5.41) is 31.4. The maximum absolute atomic E-state index is 11.3. The molecular formula is C21H27ClO5. The third-order valence-electron chi connectivity index (χ3n) is 7.96. The number of alkyl halides is 1. The van der Waals surface area contributed by atoms with E-state index in [1.807, 2.05) is 19.9 Å². The Balaban J connectivity index is 1.64. The largest absolute Gasteiger partial charge is 0.466 e. The molecule has 2 fully saturated rings. The van der Waals surface area contributed by atoms with Crippen molar-refractivity contribution < 1.29 is 24.5 Å². The van der Waals surface area contributed by atoms with Crippen molar-refractivity contribution in [2.45, 2.75) is 81.3 Å². The molecule has 1 saturated carbocycles. The molecule has 2 heterocycles. The topological polar surface area (TPSA) is 86.4 Å². The molecule has 3 N–H and O–H groups in total. The van der Waals surface area contributed by atoms with Crippen molar-refractivity contribution in [1.82, 2.24) is 0 Å². The van der Waals surface area contributed by atoms with Gasteiger partial charge in [0, 0.05) is 0 Å². The van der Waals surface area contributed by atoms with Crippen LogP contribution in [0, 0.1) is 11.3 Å². The van der Waals surface area contributed by atoms with Gasteiger partial charge in [0.1, 0.15) is 29.7 Å². The van der Waals surface area contributed by atoms with E-state index in [0.717, 1.165) is 36.0 Å². The third kappa shape index (κ3) is 1.95. The normalized spacial score (nSPS) is 47.6. The summed E-state index contributed by atoms with van der Waals surface area (Å²) >= 11 is 6.64. The van der Waals surface area contributed by atoms with E-state index in [4.69, 9.17) is 20.8 Å². The summed E-state index contributed by atoms with van der Waals surface area (Å²) in [7, 11) is 0. The quantitative estimate of drug-likeness (QED) is 0.408. The van der Waals surface area contributed by atoms with Gasteiger partial charge in [-0.2, -0.15) is 0 Å². The Morgan fingerprint density at radius 3 is 2.78 bits per heavy atom. The molecule has 0 aromatic carbocycles. The molecule has 6 heteroatoms. The lowest BCUT2D eigenvalue weighted by Gasteiger charge is -2.54. The predicted molar refractivity (Wildman–Crippen MR) is 99.5 cm³/mol. The smallest absolute Gasteiger partial charge is 0.145 e. The van der Waals surface area contributed by atoms with E-state index in [-0.39, 0.29) is 30.0 Å². The Morgan fingerprint density at radius 2 is 2.11 bits per heavy atom. The second kappa shape index (κ2) is 5.39. The Labute approximate surface area is 164 Å². The third-order valence-corrected chi connectivity index (χ3v) is 8.44. The molecular weight excluding hydrogens is 368 g/mol. The average Bonchev–Trinajstić information content (AvgIpc) is 3.20. The summed E-state index contributed by atoms with van der Waals surface area (Å²) in [6.07, 6.45) is 5.00. The highest BCUT2D eigenvalue weighted by Gasteiger charge is 2.77. The highest BCUT2D eigenvalue weighted by Crippen LogP contribution is 2.70. The molecule has 1 unspecified atom stereocenters. The predicted octanol–water partition coefficient (Wildman–Crippen LogP) is 2.64. The first kappa shape index (κ1) is 18.2. The van der Waals surface area contributed by atoms with Crippen LogP contribution >= 0.6 is 11.6 Å². The van der Waals surface area contributed by atoms with Gasteiger partial charge in [-0.3, -0.25) is 0 Å². The molecule has 148 valence electrons. The molecule has 3 aliphatic carbocycles. The number of ether oxygens (including phenoxy) is 1. The van der Waals surface area contributed by atoms with Gasteiger partial charge in [0.2, 0.25) is 0 Å². The van der Waals surface area contributed by atoms with Crippen molar-refractivity contribution in [2.75, 3.05) is 0 Å². The summed E-state index contributed by atoms with van der Waals surface area (Å²) in [5.41, 5.74) is 0.836. The second-order valence-corrected chi connectivity index (χ2v) is 9.75. The van der Waals surface area contributed by atoms with Crippen LogP contribution in [0.15, 0.2) is 22.3 Å². The zero-order chi connectivity index (χ0) is 19.4. The number of rotatable bonds is 2.